The van der Waals surface area contributed by atoms with Crippen LogP contribution in [0, 0.1) is 12.8 Å². The van der Waals surface area contributed by atoms with Crippen LogP contribution >= 0.6 is 11.3 Å². The summed E-state index contributed by atoms with van der Waals surface area (Å²) in [6.45, 7) is 4.16. The second kappa shape index (κ2) is 12.8. The lowest BCUT2D eigenvalue weighted by atomic mass is 9.90. The van der Waals surface area contributed by atoms with Gasteiger partial charge < -0.3 is 24.6 Å². The van der Waals surface area contributed by atoms with E-state index in [1.807, 2.05) is 12.4 Å². The third-order valence-corrected chi connectivity index (χ3v) is 7.73. The summed E-state index contributed by atoms with van der Waals surface area (Å²) < 4.78 is 10.5. The molecule has 0 saturated carbocycles. The summed E-state index contributed by atoms with van der Waals surface area (Å²) in [5, 5.41) is 16.5. The lowest BCUT2D eigenvalue weighted by Gasteiger charge is -2.29. The average molecular weight is 541 g/mol. The van der Waals surface area contributed by atoms with Gasteiger partial charge in [0.1, 0.15) is 18.6 Å². The normalized spacial score (nSPS) is 16.7. The van der Waals surface area contributed by atoms with Gasteiger partial charge in [0.25, 0.3) is 5.88 Å². The molecule has 4 rings (SSSR count). The molecule has 2 N–H and O–H groups in total. The number of carbonyl (C=O) groups is 3. The highest BCUT2D eigenvalue weighted by Crippen LogP contribution is 2.32. The first kappa shape index (κ1) is 27.5. The number of hydrogen-bond donors (Lipinski definition) is 2. The number of benzene rings is 1. The number of aromatic nitrogens is 2. The molecule has 3 heterocycles. The van der Waals surface area contributed by atoms with Crippen LogP contribution in [0.1, 0.15) is 42.7 Å². The van der Waals surface area contributed by atoms with E-state index in [9.17, 15) is 19.5 Å². The molecule has 1 aliphatic rings. The number of likely N-dealkylation sites (tertiary alicyclic amines) is 1. The van der Waals surface area contributed by atoms with Gasteiger partial charge >= 0.3 is 0 Å². The van der Waals surface area contributed by atoms with Crippen LogP contribution in [-0.2, 0) is 20.8 Å². The van der Waals surface area contributed by atoms with Crippen LogP contribution in [-0.4, -0.2) is 70.6 Å². The summed E-state index contributed by atoms with van der Waals surface area (Å²) in [4.78, 5) is 44.2. The van der Waals surface area contributed by atoms with Gasteiger partial charge in [-0.05, 0) is 48.4 Å². The van der Waals surface area contributed by atoms with Gasteiger partial charge in [0.2, 0.25) is 11.8 Å². The summed E-state index contributed by atoms with van der Waals surface area (Å²) in [6.07, 6.45) is 2.51. The Bertz CT molecular complexity index is 1240. The Morgan fingerprint density at radius 1 is 1.34 bits per heavy atom. The molecule has 3 atom stereocenters. The van der Waals surface area contributed by atoms with Crippen molar-refractivity contribution < 1.29 is 28.8 Å². The number of hydrogen-bond acceptors (Lipinski definition) is 9. The molecular formula is C27H32N4O6S. The van der Waals surface area contributed by atoms with Crippen molar-refractivity contribution in [3.8, 4) is 16.3 Å². The fraction of sp³-hybridized carbons (Fsp3) is 0.444. The number of amides is 2. The predicted octanol–water partition coefficient (Wildman–Crippen LogP) is 2.75. The standard InChI is InChI=1S/C27H32N4O6S/c1-17(15-33)24(22-14-23(30-37-22)36-13-12-32)27(35)31-11-3-4-21(31)26(34)28-10-9-19-5-7-20(8-6-19)25-18(2)29-16-38-25/h5-8,12,14,16-17,21,24,33H,3-4,9-11,13,15H2,1-2H3,(H,28,34)/t17-,21+,24+/m1/s1. The molecule has 11 heteroatoms. The van der Waals surface area contributed by atoms with Gasteiger partial charge in [0.05, 0.1) is 16.1 Å². The number of thiazole rings is 1. The van der Waals surface area contributed by atoms with Gasteiger partial charge in [0, 0.05) is 25.8 Å². The second-order valence-corrected chi connectivity index (χ2v) is 10.2. The van der Waals surface area contributed by atoms with E-state index >= 15 is 0 Å². The maximum Gasteiger partial charge on any atom is 0.254 e. The Morgan fingerprint density at radius 3 is 2.82 bits per heavy atom. The number of nitrogens with zero attached hydrogens (tertiary/aromatic N) is 3. The molecule has 38 heavy (non-hydrogen) atoms. The van der Waals surface area contributed by atoms with E-state index < -0.39 is 17.9 Å². The number of ether oxygens (including phenoxy) is 1. The molecule has 202 valence electrons. The van der Waals surface area contributed by atoms with Crippen molar-refractivity contribution >= 4 is 29.4 Å². The molecule has 1 fully saturated rings. The van der Waals surface area contributed by atoms with E-state index in [4.69, 9.17) is 9.26 Å². The summed E-state index contributed by atoms with van der Waals surface area (Å²) in [5.41, 5.74) is 5.07. The van der Waals surface area contributed by atoms with Crippen molar-refractivity contribution in [2.75, 3.05) is 26.3 Å². The Kier molecular flexibility index (Phi) is 9.24. The van der Waals surface area contributed by atoms with E-state index in [0.29, 0.717) is 38.6 Å². The molecule has 1 saturated heterocycles. The molecule has 0 unspecified atom stereocenters. The van der Waals surface area contributed by atoms with Crippen molar-refractivity contribution in [1.82, 2.24) is 20.4 Å². The smallest absolute Gasteiger partial charge is 0.254 e. The quantitative estimate of drug-likeness (QED) is 0.335. The Balaban J connectivity index is 1.36. The molecule has 3 aromatic rings. The lowest BCUT2D eigenvalue weighted by Crippen LogP contribution is -2.48. The highest BCUT2D eigenvalue weighted by Gasteiger charge is 2.41. The third-order valence-electron chi connectivity index (χ3n) is 6.75. The molecule has 1 aliphatic heterocycles. The molecule has 10 nitrogen and oxygen atoms in total. The van der Waals surface area contributed by atoms with Crippen molar-refractivity contribution in [3.05, 3.63) is 52.9 Å². The van der Waals surface area contributed by atoms with Crippen molar-refractivity contribution in [2.45, 2.75) is 45.1 Å². The molecule has 0 bridgehead atoms. The first-order valence-electron chi connectivity index (χ1n) is 12.6. The Morgan fingerprint density at radius 2 is 2.13 bits per heavy atom. The number of carbonyl (C=O) groups excluding carboxylic acids is 3. The predicted molar refractivity (Wildman–Crippen MR) is 141 cm³/mol. The van der Waals surface area contributed by atoms with E-state index in [0.717, 1.165) is 21.7 Å². The van der Waals surface area contributed by atoms with E-state index in [2.05, 4.69) is 39.7 Å². The highest BCUT2D eigenvalue weighted by molar-refractivity contribution is 7.13. The van der Waals surface area contributed by atoms with Gasteiger partial charge in [-0.2, -0.15) is 0 Å². The number of rotatable bonds is 12. The van der Waals surface area contributed by atoms with E-state index in [-0.39, 0.29) is 36.7 Å². The molecule has 0 spiro atoms. The summed E-state index contributed by atoms with van der Waals surface area (Å²) in [7, 11) is 0. The highest BCUT2D eigenvalue weighted by atomic mass is 32.1. The van der Waals surface area contributed by atoms with Crippen molar-refractivity contribution in [2.24, 2.45) is 5.92 Å². The molecule has 0 aliphatic carbocycles. The van der Waals surface area contributed by atoms with Crippen LogP contribution < -0.4 is 10.1 Å². The van der Waals surface area contributed by atoms with Gasteiger partial charge in [-0.15, -0.1) is 11.3 Å². The maximum atomic E-state index is 13.6. The number of nitrogens with one attached hydrogen (secondary N) is 1. The fourth-order valence-electron chi connectivity index (χ4n) is 4.69. The number of aldehydes is 1. The summed E-state index contributed by atoms with van der Waals surface area (Å²) in [6, 6.07) is 9.09. The van der Waals surface area contributed by atoms with Crippen LogP contribution in [0.4, 0.5) is 0 Å². The maximum absolute atomic E-state index is 13.6. The summed E-state index contributed by atoms with van der Waals surface area (Å²) >= 11 is 1.61. The molecule has 2 amide bonds. The molecule has 1 aromatic carbocycles. The largest absolute Gasteiger partial charge is 0.468 e. The van der Waals surface area contributed by atoms with Crippen molar-refractivity contribution in [3.63, 3.8) is 0 Å². The van der Waals surface area contributed by atoms with Crippen molar-refractivity contribution in [1.29, 1.82) is 0 Å². The number of aliphatic hydroxyl groups is 1. The SMILES string of the molecule is Cc1ncsc1-c1ccc(CCNC(=O)[C@@H]2CCCN2C(=O)[C@H](c2cc(OCC=O)no2)[C@H](C)CO)cc1. The van der Waals surface area contributed by atoms with Gasteiger partial charge in [0.15, 0.2) is 12.0 Å². The monoisotopic (exact) mass is 540 g/mol. The first-order chi connectivity index (χ1) is 18.4. The topological polar surface area (TPSA) is 135 Å². The van der Waals surface area contributed by atoms with Crippen LogP contribution in [0.3, 0.4) is 0 Å². The fourth-order valence-corrected chi connectivity index (χ4v) is 5.50. The molecule has 0 radical (unpaired) electrons. The van der Waals surface area contributed by atoms with Crippen LogP contribution in [0.15, 0.2) is 40.4 Å². The Hall–Kier alpha value is -3.57. The summed E-state index contributed by atoms with van der Waals surface area (Å²) in [5.74, 6) is -1.51. The first-order valence-corrected chi connectivity index (χ1v) is 13.5. The minimum atomic E-state index is -0.838. The van der Waals surface area contributed by atoms with E-state index in [1.165, 1.54) is 6.07 Å². The second-order valence-electron chi connectivity index (χ2n) is 9.38. The van der Waals surface area contributed by atoms with Gasteiger partial charge in [-0.3, -0.25) is 14.4 Å². The van der Waals surface area contributed by atoms with Crippen LogP contribution in [0.25, 0.3) is 10.4 Å². The minimum absolute atomic E-state index is 0.0842. The Labute approximate surface area is 225 Å². The van der Waals surface area contributed by atoms with Crippen LogP contribution in [0.5, 0.6) is 5.88 Å². The zero-order chi connectivity index (χ0) is 27.1. The average Bonchev–Trinajstić information content (AvgIpc) is 3.69. The lowest BCUT2D eigenvalue weighted by molar-refractivity contribution is -0.141. The van der Waals surface area contributed by atoms with Gasteiger partial charge in [-0.25, -0.2) is 4.98 Å². The number of aryl methyl sites for hydroxylation is 1. The third kappa shape index (κ3) is 6.28. The zero-order valence-corrected chi connectivity index (χ0v) is 22.3. The zero-order valence-electron chi connectivity index (χ0n) is 21.5. The molecular weight excluding hydrogens is 508 g/mol. The van der Waals surface area contributed by atoms with Crippen LogP contribution in [0.2, 0.25) is 0 Å². The minimum Gasteiger partial charge on any atom is -0.468 e. The van der Waals surface area contributed by atoms with Gasteiger partial charge in [-0.1, -0.05) is 31.2 Å². The molecule has 2 aromatic heterocycles. The number of aliphatic hydroxyl groups excluding tert-OH is 1. The van der Waals surface area contributed by atoms with E-state index in [1.54, 1.807) is 23.2 Å².